The van der Waals surface area contributed by atoms with E-state index in [-0.39, 0.29) is 24.2 Å². The number of nitrogens with zero attached hydrogens (tertiary/aromatic N) is 2. The van der Waals surface area contributed by atoms with Gasteiger partial charge in [0, 0.05) is 24.7 Å². The second-order valence-corrected chi connectivity index (χ2v) is 4.74. The molecule has 0 atom stereocenters. The summed E-state index contributed by atoms with van der Waals surface area (Å²) in [7, 11) is 0. The van der Waals surface area contributed by atoms with Gasteiger partial charge in [-0.25, -0.2) is 0 Å². The molecule has 0 heterocycles. The Balaban J connectivity index is 2.90. The van der Waals surface area contributed by atoms with Crippen molar-refractivity contribution in [3.05, 3.63) is 28.3 Å². The van der Waals surface area contributed by atoms with E-state index in [4.69, 9.17) is 5.73 Å². The predicted molar refractivity (Wildman–Crippen MR) is 78.7 cm³/mol. The van der Waals surface area contributed by atoms with Crippen LogP contribution in [0.1, 0.15) is 20.8 Å². The van der Waals surface area contributed by atoms with Crippen molar-refractivity contribution in [2.45, 2.75) is 26.8 Å². The van der Waals surface area contributed by atoms with E-state index in [2.05, 4.69) is 5.32 Å². The molecule has 0 saturated carbocycles. The van der Waals surface area contributed by atoms with E-state index in [1.54, 1.807) is 11.0 Å². The number of anilines is 2. The van der Waals surface area contributed by atoms with E-state index in [0.29, 0.717) is 17.9 Å². The van der Waals surface area contributed by atoms with Crippen LogP contribution in [0.15, 0.2) is 18.2 Å². The number of nitro benzene ring substituents is 1. The first-order chi connectivity index (χ1) is 9.35. The van der Waals surface area contributed by atoms with Gasteiger partial charge in [-0.1, -0.05) is 0 Å². The minimum absolute atomic E-state index is 0.0612. The molecular weight excluding hydrogens is 260 g/mol. The highest BCUT2D eigenvalue weighted by molar-refractivity contribution is 5.83. The van der Waals surface area contributed by atoms with Crippen LogP contribution in [0, 0.1) is 10.1 Å². The van der Waals surface area contributed by atoms with Crippen molar-refractivity contribution in [1.29, 1.82) is 0 Å². The molecule has 0 unspecified atom stereocenters. The van der Waals surface area contributed by atoms with Gasteiger partial charge in [-0.2, -0.15) is 0 Å². The van der Waals surface area contributed by atoms with Crippen molar-refractivity contribution in [2.75, 3.05) is 23.7 Å². The molecule has 1 aromatic rings. The Morgan fingerprint density at radius 1 is 1.50 bits per heavy atom. The van der Waals surface area contributed by atoms with E-state index in [0.717, 1.165) is 0 Å². The highest BCUT2D eigenvalue weighted by Gasteiger charge is 2.15. The second kappa shape index (κ2) is 6.74. The van der Waals surface area contributed by atoms with E-state index in [9.17, 15) is 14.9 Å². The summed E-state index contributed by atoms with van der Waals surface area (Å²) in [5.41, 5.74) is 6.69. The number of nitrogens with two attached hydrogens (primary N) is 1. The monoisotopic (exact) mass is 280 g/mol. The summed E-state index contributed by atoms with van der Waals surface area (Å²) in [6.07, 6.45) is 0. The third kappa shape index (κ3) is 4.11. The van der Waals surface area contributed by atoms with Crippen molar-refractivity contribution in [1.82, 2.24) is 5.32 Å². The maximum absolute atomic E-state index is 11.8. The van der Waals surface area contributed by atoms with Gasteiger partial charge in [0.15, 0.2) is 0 Å². The molecular formula is C13H20N4O3. The number of nitrogens with one attached hydrogen (secondary N) is 1. The number of non-ortho nitro benzene ring substituents is 1. The lowest BCUT2D eigenvalue weighted by Gasteiger charge is -2.24. The van der Waals surface area contributed by atoms with Gasteiger partial charge in [0.25, 0.3) is 5.69 Å². The molecule has 0 aliphatic heterocycles. The lowest BCUT2D eigenvalue weighted by molar-refractivity contribution is -0.384. The molecule has 0 fully saturated rings. The first-order valence-electron chi connectivity index (χ1n) is 6.43. The molecule has 3 N–H and O–H groups in total. The summed E-state index contributed by atoms with van der Waals surface area (Å²) in [4.78, 5) is 23.7. The number of benzene rings is 1. The molecule has 0 aliphatic rings. The first kappa shape index (κ1) is 15.7. The molecule has 110 valence electrons. The molecule has 0 saturated heterocycles. The van der Waals surface area contributed by atoms with E-state index in [1.807, 2.05) is 20.8 Å². The number of carbonyl (C=O) groups excluding carboxylic acids is 1. The Bertz CT molecular complexity index is 502. The fourth-order valence-corrected chi connectivity index (χ4v) is 1.85. The average Bonchev–Trinajstić information content (AvgIpc) is 2.35. The maximum Gasteiger partial charge on any atom is 0.271 e. The van der Waals surface area contributed by atoms with Crippen LogP contribution in [-0.2, 0) is 4.79 Å². The number of nitrogen functional groups attached to an aromatic ring is 1. The van der Waals surface area contributed by atoms with Gasteiger partial charge in [-0.15, -0.1) is 0 Å². The zero-order valence-corrected chi connectivity index (χ0v) is 11.9. The third-order valence-electron chi connectivity index (χ3n) is 2.73. The summed E-state index contributed by atoms with van der Waals surface area (Å²) in [5.74, 6) is -0.111. The standard InChI is InChI=1S/C13H20N4O3/c1-4-16(8-13(18)15-9(2)3)12-6-5-10(17(19)20)7-11(12)14/h5-7,9H,4,8,14H2,1-3H3,(H,15,18). The number of likely N-dealkylation sites (N-methyl/N-ethyl adjacent to an activating group) is 1. The molecule has 7 heteroatoms. The number of hydrogen-bond acceptors (Lipinski definition) is 5. The number of amides is 1. The van der Waals surface area contributed by atoms with E-state index < -0.39 is 4.92 Å². The Kier molecular flexibility index (Phi) is 5.31. The fourth-order valence-electron chi connectivity index (χ4n) is 1.85. The van der Waals surface area contributed by atoms with Gasteiger partial charge < -0.3 is 16.0 Å². The molecule has 0 bridgehead atoms. The van der Waals surface area contributed by atoms with Gasteiger partial charge in [-0.05, 0) is 26.8 Å². The SMILES string of the molecule is CCN(CC(=O)NC(C)C)c1ccc([N+](=O)[O-])cc1N. The quantitative estimate of drug-likeness (QED) is 0.467. The van der Waals surface area contributed by atoms with Crippen LogP contribution in [0.25, 0.3) is 0 Å². The Labute approximate surface area is 117 Å². The molecule has 0 spiro atoms. The van der Waals surface area contributed by atoms with Crippen LogP contribution < -0.4 is 16.0 Å². The predicted octanol–water partition coefficient (Wildman–Crippen LogP) is 1.53. The average molecular weight is 280 g/mol. The summed E-state index contributed by atoms with van der Waals surface area (Å²) < 4.78 is 0. The zero-order valence-electron chi connectivity index (χ0n) is 11.9. The van der Waals surface area contributed by atoms with Crippen LogP contribution in [0.5, 0.6) is 0 Å². The summed E-state index contributed by atoms with van der Waals surface area (Å²) >= 11 is 0. The lowest BCUT2D eigenvalue weighted by Crippen LogP contribution is -2.40. The van der Waals surface area contributed by atoms with Crippen molar-refractivity contribution in [3.8, 4) is 0 Å². The van der Waals surface area contributed by atoms with E-state index >= 15 is 0 Å². The number of nitro groups is 1. The summed E-state index contributed by atoms with van der Waals surface area (Å²) in [5, 5.41) is 13.5. The highest BCUT2D eigenvalue weighted by atomic mass is 16.6. The normalized spacial score (nSPS) is 10.4. The Hall–Kier alpha value is -2.31. The number of carbonyl (C=O) groups is 1. The molecule has 1 rings (SSSR count). The van der Waals surface area contributed by atoms with Crippen LogP contribution in [0.2, 0.25) is 0 Å². The van der Waals surface area contributed by atoms with Gasteiger partial charge in [-0.3, -0.25) is 14.9 Å². The van der Waals surface area contributed by atoms with Gasteiger partial charge in [0.05, 0.1) is 22.8 Å². The minimum Gasteiger partial charge on any atom is -0.397 e. The molecule has 0 aromatic heterocycles. The van der Waals surface area contributed by atoms with Crippen molar-refractivity contribution in [3.63, 3.8) is 0 Å². The van der Waals surface area contributed by atoms with Crippen molar-refractivity contribution >= 4 is 23.0 Å². The molecule has 1 aromatic carbocycles. The van der Waals surface area contributed by atoms with Gasteiger partial charge in [0.2, 0.25) is 5.91 Å². The van der Waals surface area contributed by atoms with Crippen molar-refractivity contribution < 1.29 is 9.72 Å². The van der Waals surface area contributed by atoms with Crippen LogP contribution in [0.3, 0.4) is 0 Å². The van der Waals surface area contributed by atoms with Gasteiger partial charge in [0.1, 0.15) is 0 Å². The topological polar surface area (TPSA) is 102 Å². The highest BCUT2D eigenvalue weighted by Crippen LogP contribution is 2.27. The minimum atomic E-state index is -0.498. The first-order valence-corrected chi connectivity index (χ1v) is 6.43. The number of hydrogen-bond donors (Lipinski definition) is 2. The number of rotatable bonds is 6. The van der Waals surface area contributed by atoms with Crippen LogP contribution >= 0.6 is 0 Å². The lowest BCUT2D eigenvalue weighted by atomic mass is 10.2. The summed E-state index contributed by atoms with van der Waals surface area (Å²) in [6.45, 7) is 6.40. The Morgan fingerprint density at radius 3 is 2.60 bits per heavy atom. The largest absolute Gasteiger partial charge is 0.397 e. The molecule has 1 amide bonds. The van der Waals surface area contributed by atoms with E-state index in [1.165, 1.54) is 12.1 Å². The third-order valence-corrected chi connectivity index (χ3v) is 2.73. The van der Waals surface area contributed by atoms with Crippen LogP contribution in [0.4, 0.5) is 17.1 Å². The molecule has 0 radical (unpaired) electrons. The maximum atomic E-state index is 11.8. The van der Waals surface area contributed by atoms with Crippen LogP contribution in [-0.4, -0.2) is 30.0 Å². The fraction of sp³-hybridized carbons (Fsp3) is 0.462. The smallest absolute Gasteiger partial charge is 0.271 e. The molecule has 20 heavy (non-hydrogen) atoms. The Morgan fingerprint density at radius 2 is 2.15 bits per heavy atom. The molecule has 0 aliphatic carbocycles. The van der Waals surface area contributed by atoms with Crippen molar-refractivity contribution in [2.24, 2.45) is 0 Å². The molecule has 7 nitrogen and oxygen atoms in total. The zero-order chi connectivity index (χ0) is 15.3. The second-order valence-electron chi connectivity index (χ2n) is 4.74. The summed E-state index contributed by atoms with van der Waals surface area (Å²) in [6, 6.07) is 4.32. The van der Waals surface area contributed by atoms with Gasteiger partial charge >= 0.3 is 0 Å².